The third-order valence-electron chi connectivity index (χ3n) is 0.644. The summed E-state index contributed by atoms with van der Waals surface area (Å²) in [4.78, 5) is 9.99. The second-order valence-electron chi connectivity index (χ2n) is 1.50. The van der Waals surface area contributed by atoms with Crippen molar-refractivity contribution < 1.29 is 27.1 Å². The summed E-state index contributed by atoms with van der Waals surface area (Å²) in [5.74, 6) is -1.45. The molecular weight excluding hydrogens is 168 g/mol. The number of halogens is 4. The van der Waals surface area contributed by atoms with Crippen molar-refractivity contribution in [2.75, 3.05) is 0 Å². The molecular formula is C5H4F4O2. The van der Waals surface area contributed by atoms with Crippen molar-refractivity contribution in [3.63, 3.8) is 0 Å². The molecule has 0 aliphatic rings. The van der Waals surface area contributed by atoms with E-state index in [0.717, 1.165) is 0 Å². The lowest BCUT2D eigenvalue weighted by atomic mass is 10.6. The van der Waals surface area contributed by atoms with Crippen molar-refractivity contribution in [3.8, 4) is 0 Å². The van der Waals surface area contributed by atoms with Crippen LogP contribution in [-0.2, 0) is 9.53 Å². The minimum Gasteiger partial charge on any atom is -0.418 e. The summed E-state index contributed by atoms with van der Waals surface area (Å²) in [6.45, 7) is 2.79. The number of alkyl halides is 4. The van der Waals surface area contributed by atoms with E-state index >= 15 is 0 Å². The predicted molar refractivity (Wildman–Crippen MR) is 27.2 cm³/mol. The maximum atomic E-state index is 11.7. The highest BCUT2D eigenvalue weighted by Crippen LogP contribution is 2.23. The smallest absolute Gasteiger partial charge is 0.418 e. The average Bonchev–Trinajstić information content (AvgIpc) is 1.85. The number of rotatable bonds is 2. The zero-order valence-electron chi connectivity index (χ0n) is 5.19. The molecule has 0 saturated carbocycles. The van der Waals surface area contributed by atoms with E-state index < -0.39 is 18.5 Å². The van der Waals surface area contributed by atoms with Gasteiger partial charge >= 0.3 is 18.5 Å². The van der Waals surface area contributed by atoms with Gasteiger partial charge in [-0.05, 0) is 0 Å². The van der Waals surface area contributed by atoms with E-state index in [1.54, 1.807) is 0 Å². The monoisotopic (exact) mass is 172 g/mol. The van der Waals surface area contributed by atoms with Crippen LogP contribution in [0.4, 0.5) is 17.6 Å². The Bertz CT molecular complexity index is 162. The summed E-state index contributed by atoms with van der Waals surface area (Å²) in [7, 11) is 0. The fourth-order valence-corrected chi connectivity index (χ4v) is 0.217. The number of carbonyl (C=O) groups excluding carboxylic acids is 1. The van der Waals surface area contributed by atoms with E-state index in [4.69, 9.17) is 0 Å². The van der Waals surface area contributed by atoms with Crippen LogP contribution < -0.4 is 0 Å². The van der Waals surface area contributed by atoms with Gasteiger partial charge in [0.25, 0.3) is 0 Å². The highest BCUT2D eigenvalue weighted by Gasteiger charge is 2.43. The van der Waals surface area contributed by atoms with E-state index in [1.165, 1.54) is 0 Å². The summed E-state index contributed by atoms with van der Waals surface area (Å²) in [5, 5.41) is 0. The molecule has 0 aromatic heterocycles. The molecule has 0 heterocycles. The third kappa shape index (κ3) is 3.59. The number of carbonyl (C=O) groups is 1. The van der Waals surface area contributed by atoms with Crippen LogP contribution in [0.25, 0.3) is 0 Å². The van der Waals surface area contributed by atoms with Gasteiger partial charge in [0.05, 0.1) is 0 Å². The fourth-order valence-electron chi connectivity index (χ4n) is 0.217. The predicted octanol–water partition coefficient (Wildman–Crippen LogP) is 1.57. The van der Waals surface area contributed by atoms with Crippen molar-refractivity contribution in [2.45, 2.75) is 12.5 Å². The van der Waals surface area contributed by atoms with Crippen LogP contribution in [0, 0.1) is 0 Å². The molecule has 0 amide bonds. The van der Waals surface area contributed by atoms with Gasteiger partial charge in [0.2, 0.25) is 0 Å². The van der Waals surface area contributed by atoms with Crippen molar-refractivity contribution >= 4 is 5.97 Å². The summed E-state index contributed by atoms with van der Waals surface area (Å²) < 4.78 is 48.7. The zero-order chi connectivity index (χ0) is 9.07. The van der Waals surface area contributed by atoms with Crippen molar-refractivity contribution in [1.29, 1.82) is 0 Å². The molecule has 0 rings (SSSR count). The molecule has 0 aromatic rings. The number of hydrogen-bond acceptors (Lipinski definition) is 2. The van der Waals surface area contributed by atoms with E-state index in [9.17, 15) is 22.4 Å². The molecule has 0 aliphatic heterocycles. The number of hydrogen-bond donors (Lipinski definition) is 0. The van der Waals surface area contributed by atoms with Gasteiger partial charge in [-0.2, -0.15) is 17.6 Å². The summed E-state index contributed by atoms with van der Waals surface area (Å²) >= 11 is 0. The molecule has 1 atom stereocenters. The maximum absolute atomic E-state index is 11.7. The van der Waals surface area contributed by atoms with Crippen LogP contribution >= 0.6 is 0 Å². The van der Waals surface area contributed by atoms with Gasteiger partial charge in [-0.25, -0.2) is 4.79 Å². The second-order valence-corrected chi connectivity index (χ2v) is 1.50. The summed E-state index contributed by atoms with van der Waals surface area (Å²) in [6, 6.07) is 0. The van der Waals surface area contributed by atoms with Crippen molar-refractivity contribution in [3.05, 3.63) is 12.7 Å². The fraction of sp³-hybridized carbons (Fsp3) is 0.400. The topological polar surface area (TPSA) is 26.3 Å². The molecule has 1 unspecified atom stereocenters. The van der Waals surface area contributed by atoms with Gasteiger partial charge in [0.1, 0.15) is 0 Å². The Hall–Kier alpha value is -1.07. The highest BCUT2D eigenvalue weighted by molar-refractivity contribution is 5.81. The first-order valence-electron chi connectivity index (χ1n) is 2.41. The lowest BCUT2D eigenvalue weighted by Crippen LogP contribution is -2.28. The molecule has 0 N–H and O–H groups in total. The first-order chi connectivity index (χ1) is 4.88. The molecule has 0 bridgehead atoms. The average molecular weight is 172 g/mol. The largest absolute Gasteiger partial charge is 0.457 e. The molecule has 0 aromatic carbocycles. The summed E-state index contributed by atoms with van der Waals surface area (Å²) in [5.41, 5.74) is 0. The minimum absolute atomic E-state index is 0.443. The zero-order valence-corrected chi connectivity index (χ0v) is 5.19. The first-order valence-corrected chi connectivity index (χ1v) is 2.41. The van der Waals surface area contributed by atoms with Gasteiger partial charge in [0, 0.05) is 6.08 Å². The molecule has 2 nitrogen and oxygen atoms in total. The van der Waals surface area contributed by atoms with Crippen molar-refractivity contribution in [1.82, 2.24) is 0 Å². The van der Waals surface area contributed by atoms with E-state index in [-0.39, 0.29) is 0 Å². The van der Waals surface area contributed by atoms with E-state index in [0.29, 0.717) is 6.08 Å². The molecule has 64 valence electrons. The Labute approximate surface area is 59.4 Å². The quantitative estimate of drug-likeness (QED) is 0.359. The Balaban J connectivity index is 3.97. The Morgan fingerprint density at radius 1 is 1.55 bits per heavy atom. The molecule has 0 saturated heterocycles. The van der Waals surface area contributed by atoms with Crippen LogP contribution in [0.1, 0.15) is 0 Å². The van der Waals surface area contributed by atoms with Crippen LogP contribution in [0.3, 0.4) is 0 Å². The van der Waals surface area contributed by atoms with Crippen LogP contribution in [-0.4, -0.2) is 18.5 Å². The van der Waals surface area contributed by atoms with E-state index in [2.05, 4.69) is 11.3 Å². The molecule has 0 aliphatic carbocycles. The molecule has 6 heteroatoms. The third-order valence-corrected chi connectivity index (χ3v) is 0.644. The van der Waals surface area contributed by atoms with Crippen LogP contribution in [0.15, 0.2) is 12.7 Å². The van der Waals surface area contributed by atoms with Crippen molar-refractivity contribution in [2.24, 2.45) is 0 Å². The Kier molecular flexibility index (Phi) is 3.03. The molecule has 11 heavy (non-hydrogen) atoms. The van der Waals surface area contributed by atoms with Gasteiger partial charge in [-0.15, -0.1) is 0 Å². The van der Waals surface area contributed by atoms with Crippen LogP contribution in [0.5, 0.6) is 0 Å². The molecule has 0 radical (unpaired) electrons. The number of esters is 1. The molecule has 0 fully saturated rings. The SMILES string of the molecule is C=CC(=O)OC(F)C(F)(F)F. The van der Waals surface area contributed by atoms with Gasteiger partial charge in [-0.1, -0.05) is 6.58 Å². The first kappa shape index (κ1) is 9.93. The number of ether oxygens (including phenoxy) is 1. The van der Waals surface area contributed by atoms with E-state index in [1.807, 2.05) is 0 Å². The van der Waals surface area contributed by atoms with Gasteiger partial charge in [0.15, 0.2) is 0 Å². The molecule has 0 spiro atoms. The minimum atomic E-state index is -5.17. The van der Waals surface area contributed by atoms with Gasteiger partial charge in [-0.3, -0.25) is 0 Å². The lowest BCUT2D eigenvalue weighted by molar-refractivity contribution is -0.256. The highest BCUT2D eigenvalue weighted by atomic mass is 19.4. The Morgan fingerprint density at radius 2 is 2.00 bits per heavy atom. The standard InChI is InChI=1S/C5H4F4O2/c1-2-3(10)11-4(6)5(7,8)9/h2,4H,1H2. The van der Waals surface area contributed by atoms with Gasteiger partial charge < -0.3 is 4.74 Å². The Morgan fingerprint density at radius 3 is 2.27 bits per heavy atom. The van der Waals surface area contributed by atoms with Crippen LogP contribution in [0.2, 0.25) is 0 Å². The normalized spacial score (nSPS) is 13.8. The second kappa shape index (κ2) is 3.36. The maximum Gasteiger partial charge on any atom is 0.457 e. The lowest BCUT2D eigenvalue weighted by Gasteiger charge is -2.10. The summed E-state index contributed by atoms with van der Waals surface area (Å²) in [6.07, 6.45) is -8.30.